The first-order valence-corrected chi connectivity index (χ1v) is 7.76. The van der Waals surface area contributed by atoms with E-state index in [1.54, 1.807) is 0 Å². The van der Waals surface area contributed by atoms with E-state index in [-0.39, 0.29) is 6.10 Å². The van der Waals surface area contributed by atoms with Crippen molar-refractivity contribution in [3.05, 3.63) is 0 Å². The SMILES string of the molecule is CC.CC.CNC.CNC1CC1.OC1CCCOC1. The van der Waals surface area contributed by atoms with Crippen LogP contribution in [0.2, 0.25) is 0 Å². The van der Waals surface area contributed by atoms with Crippen molar-refractivity contribution in [1.29, 1.82) is 0 Å². The van der Waals surface area contributed by atoms with Gasteiger partial charge >= 0.3 is 0 Å². The van der Waals surface area contributed by atoms with Gasteiger partial charge in [0.25, 0.3) is 0 Å². The topological polar surface area (TPSA) is 53.5 Å². The van der Waals surface area contributed by atoms with Gasteiger partial charge in [-0.3, -0.25) is 0 Å². The average molecular weight is 278 g/mol. The van der Waals surface area contributed by atoms with E-state index in [4.69, 9.17) is 9.84 Å². The minimum absolute atomic E-state index is 0.186. The third-order valence-corrected chi connectivity index (χ3v) is 2.12. The monoisotopic (exact) mass is 278 g/mol. The summed E-state index contributed by atoms with van der Waals surface area (Å²) in [4.78, 5) is 0. The number of aliphatic hydroxyl groups is 1. The van der Waals surface area contributed by atoms with Crippen LogP contribution in [-0.2, 0) is 4.74 Å². The first kappa shape index (κ1) is 23.9. The largest absolute Gasteiger partial charge is 0.391 e. The fourth-order valence-corrected chi connectivity index (χ4v) is 1.10. The molecule has 1 aliphatic heterocycles. The number of aliphatic hydroxyl groups excluding tert-OH is 1. The average Bonchev–Trinajstić information content (AvgIpc) is 3.30. The second-order valence-electron chi connectivity index (χ2n) is 3.93. The lowest BCUT2D eigenvalue weighted by molar-refractivity contribution is -0.00535. The van der Waals surface area contributed by atoms with Gasteiger partial charge in [0.05, 0.1) is 12.7 Å². The Labute approximate surface area is 121 Å². The molecule has 4 nitrogen and oxygen atoms in total. The summed E-state index contributed by atoms with van der Waals surface area (Å²) in [5.74, 6) is 0. The summed E-state index contributed by atoms with van der Waals surface area (Å²) in [7, 11) is 5.76. The Morgan fingerprint density at radius 1 is 0.947 bits per heavy atom. The molecule has 3 N–H and O–H groups in total. The molecular formula is C15H38N2O2. The molecule has 1 aliphatic carbocycles. The Bertz CT molecular complexity index is 125. The molecule has 1 saturated heterocycles. The second kappa shape index (κ2) is 23.0. The zero-order chi connectivity index (χ0) is 15.5. The van der Waals surface area contributed by atoms with Crippen LogP contribution in [0.4, 0.5) is 0 Å². The van der Waals surface area contributed by atoms with E-state index in [0.717, 1.165) is 25.5 Å². The molecule has 1 saturated carbocycles. The van der Waals surface area contributed by atoms with Crippen molar-refractivity contribution in [2.45, 2.75) is 65.5 Å². The van der Waals surface area contributed by atoms with E-state index < -0.39 is 0 Å². The van der Waals surface area contributed by atoms with Crippen LogP contribution in [0, 0.1) is 0 Å². The van der Waals surface area contributed by atoms with Crippen LogP contribution in [0.25, 0.3) is 0 Å². The fraction of sp³-hybridized carbons (Fsp3) is 1.00. The molecule has 0 spiro atoms. The number of nitrogens with one attached hydrogen (secondary N) is 2. The highest BCUT2D eigenvalue weighted by molar-refractivity contribution is 4.78. The van der Waals surface area contributed by atoms with Crippen molar-refractivity contribution < 1.29 is 9.84 Å². The summed E-state index contributed by atoms with van der Waals surface area (Å²) in [6.07, 6.45) is 4.54. The van der Waals surface area contributed by atoms with Gasteiger partial charge in [-0.15, -0.1) is 0 Å². The van der Waals surface area contributed by atoms with Crippen molar-refractivity contribution in [3.63, 3.8) is 0 Å². The Balaban J connectivity index is -0.000000189. The van der Waals surface area contributed by atoms with Crippen LogP contribution in [0.15, 0.2) is 0 Å². The molecule has 19 heavy (non-hydrogen) atoms. The van der Waals surface area contributed by atoms with Crippen molar-refractivity contribution in [3.8, 4) is 0 Å². The van der Waals surface area contributed by atoms with Crippen LogP contribution in [-0.4, -0.2) is 51.6 Å². The summed E-state index contributed by atoms with van der Waals surface area (Å²) >= 11 is 0. The lowest BCUT2D eigenvalue weighted by Gasteiger charge is -2.15. The second-order valence-corrected chi connectivity index (χ2v) is 3.93. The van der Waals surface area contributed by atoms with Gasteiger partial charge in [-0.2, -0.15) is 0 Å². The Kier molecular flexibility index (Phi) is 28.9. The van der Waals surface area contributed by atoms with Gasteiger partial charge in [0, 0.05) is 12.6 Å². The predicted molar refractivity (Wildman–Crippen MR) is 85.8 cm³/mol. The summed E-state index contributed by atoms with van der Waals surface area (Å²) in [5, 5.41) is 14.7. The first-order chi connectivity index (χ1) is 9.24. The van der Waals surface area contributed by atoms with E-state index in [0.29, 0.717) is 6.61 Å². The van der Waals surface area contributed by atoms with Crippen LogP contribution in [0.3, 0.4) is 0 Å². The Morgan fingerprint density at radius 2 is 1.42 bits per heavy atom. The molecule has 2 rings (SSSR count). The van der Waals surface area contributed by atoms with Gasteiger partial charge in [0.15, 0.2) is 0 Å². The molecule has 0 radical (unpaired) electrons. The standard InChI is InChI=1S/C5H10O2.C4H9N.C2H7N.2C2H6/c6-5-2-1-3-7-4-5;1-5-4-2-3-4;1-3-2;2*1-2/h5-6H,1-4H2;4-5H,2-3H2,1H3;3H,1-2H3;2*1-2H3. The third kappa shape index (κ3) is 27.2. The lowest BCUT2D eigenvalue weighted by Crippen LogP contribution is -2.21. The maximum atomic E-state index is 8.78. The van der Waals surface area contributed by atoms with Gasteiger partial charge in [-0.25, -0.2) is 0 Å². The lowest BCUT2D eigenvalue weighted by atomic mass is 10.2. The Morgan fingerprint density at radius 3 is 1.53 bits per heavy atom. The molecule has 120 valence electrons. The van der Waals surface area contributed by atoms with Gasteiger partial charge in [0.1, 0.15) is 0 Å². The summed E-state index contributed by atoms with van der Waals surface area (Å²) in [5.41, 5.74) is 0. The first-order valence-electron chi connectivity index (χ1n) is 7.76. The van der Waals surface area contributed by atoms with Crippen molar-refractivity contribution >= 4 is 0 Å². The molecule has 4 heteroatoms. The molecule has 1 atom stereocenters. The van der Waals surface area contributed by atoms with Crippen molar-refractivity contribution in [2.24, 2.45) is 0 Å². The molecule has 0 aromatic carbocycles. The highest BCUT2D eigenvalue weighted by Gasteiger charge is 2.17. The van der Waals surface area contributed by atoms with E-state index in [2.05, 4.69) is 10.6 Å². The van der Waals surface area contributed by atoms with Gasteiger partial charge in [-0.1, -0.05) is 27.7 Å². The van der Waals surface area contributed by atoms with Crippen LogP contribution in [0.5, 0.6) is 0 Å². The van der Waals surface area contributed by atoms with E-state index >= 15 is 0 Å². The van der Waals surface area contributed by atoms with Crippen molar-refractivity contribution in [2.75, 3.05) is 34.4 Å². The fourth-order valence-electron chi connectivity index (χ4n) is 1.10. The van der Waals surface area contributed by atoms with Crippen molar-refractivity contribution in [1.82, 2.24) is 10.6 Å². The highest BCUT2D eigenvalue weighted by Crippen LogP contribution is 2.17. The zero-order valence-electron chi connectivity index (χ0n) is 14.3. The summed E-state index contributed by atoms with van der Waals surface area (Å²) in [6.45, 7) is 9.37. The van der Waals surface area contributed by atoms with Gasteiger partial charge < -0.3 is 20.5 Å². The molecule has 2 fully saturated rings. The summed E-state index contributed by atoms with van der Waals surface area (Å²) < 4.78 is 4.93. The van der Waals surface area contributed by atoms with E-state index in [1.807, 2.05) is 48.8 Å². The normalized spacial score (nSPS) is 19.9. The van der Waals surface area contributed by atoms with Gasteiger partial charge in [-0.05, 0) is 46.8 Å². The van der Waals surface area contributed by atoms with Crippen LogP contribution >= 0.6 is 0 Å². The quantitative estimate of drug-likeness (QED) is 0.689. The van der Waals surface area contributed by atoms with Gasteiger partial charge in [0.2, 0.25) is 0 Å². The highest BCUT2D eigenvalue weighted by atomic mass is 16.5. The summed E-state index contributed by atoms with van der Waals surface area (Å²) in [6, 6.07) is 0.884. The third-order valence-electron chi connectivity index (χ3n) is 2.12. The molecule has 0 bridgehead atoms. The number of hydrogen-bond donors (Lipinski definition) is 3. The molecular weight excluding hydrogens is 240 g/mol. The minimum Gasteiger partial charge on any atom is -0.391 e. The maximum Gasteiger partial charge on any atom is 0.0774 e. The Hall–Kier alpha value is -0.160. The molecule has 2 aliphatic rings. The minimum atomic E-state index is -0.186. The molecule has 0 aromatic heterocycles. The number of hydrogen-bond acceptors (Lipinski definition) is 4. The maximum absolute atomic E-state index is 8.78. The molecule has 0 amide bonds. The number of rotatable bonds is 1. The van der Waals surface area contributed by atoms with E-state index in [9.17, 15) is 0 Å². The zero-order valence-corrected chi connectivity index (χ0v) is 14.3. The predicted octanol–water partition coefficient (Wildman–Crippen LogP) is 2.41. The number of ether oxygens (including phenoxy) is 1. The smallest absolute Gasteiger partial charge is 0.0774 e. The molecule has 0 aromatic rings. The molecule has 1 heterocycles. The van der Waals surface area contributed by atoms with Crippen LogP contribution < -0.4 is 10.6 Å². The molecule has 1 unspecified atom stereocenters. The van der Waals surface area contributed by atoms with E-state index in [1.165, 1.54) is 12.8 Å². The van der Waals surface area contributed by atoms with Crippen LogP contribution in [0.1, 0.15) is 53.4 Å².